The van der Waals surface area contributed by atoms with E-state index in [4.69, 9.17) is 5.21 Å². The molecule has 0 bridgehead atoms. The molecule has 0 aromatic heterocycles. The van der Waals surface area contributed by atoms with E-state index < -0.39 is 0 Å². The zero-order chi connectivity index (χ0) is 11.4. The van der Waals surface area contributed by atoms with E-state index in [2.05, 4.69) is 29.4 Å². The van der Waals surface area contributed by atoms with Crippen molar-refractivity contribution in [3.05, 3.63) is 48.0 Å². The molecule has 0 heterocycles. The molecule has 0 saturated heterocycles. The molecular formula is C13H13NOS. The number of thioether (sulfide) groups is 1. The highest BCUT2D eigenvalue weighted by atomic mass is 32.2. The quantitative estimate of drug-likeness (QED) is 0.499. The molecule has 0 radical (unpaired) electrons. The zero-order valence-corrected chi connectivity index (χ0v) is 9.87. The van der Waals surface area contributed by atoms with Crippen molar-refractivity contribution in [2.24, 2.45) is 5.16 Å². The van der Waals surface area contributed by atoms with Gasteiger partial charge in [-0.15, -0.1) is 0 Å². The lowest BCUT2D eigenvalue weighted by Crippen LogP contribution is -2.03. The smallest absolute Gasteiger partial charge is 0.0966 e. The Bertz CT molecular complexity index is 522. The number of benzene rings is 2. The molecule has 0 unspecified atom stereocenters. The van der Waals surface area contributed by atoms with Crippen LogP contribution < -0.4 is 0 Å². The molecule has 0 fully saturated rings. The third kappa shape index (κ3) is 2.19. The third-order valence-corrected chi connectivity index (χ3v) is 3.05. The molecular weight excluding hydrogens is 218 g/mol. The van der Waals surface area contributed by atoms with Crippen LogP contribution in [0.2, 0.25) is 0 Å². The summed E-state index contributed by atoms with van der Waals surface area (Å²) < 4.78 is 0. The maximum Gasteiger partial charge on any atom is 0.0966 e. The lowest BCUT2D eigenvalue weighted by atomic mass is 10.0. The van der Waals surface area contributed by atoms with Crippen LogP contribution in [-0.4, -0.2) is 22.9 Å². The fraction of sp³-hybridized carbons (Fsp3) is 0.154. The normalized spacial score (nSPS) is 11.9. The molecule has 82 valence electrons. The largest absolute Gasteiger partial charge is 0.411 e. The van der Waals surface area contributed by atoms with Gasteiger partial charge in [-0.1, -0.05) is 41.6 Å². The number of hydrogen-bond acceptors (Lipinski definition) is 3. The Hall–Kier alpha value is -1.48. The molecule has 2 nitrogen and oxygen atoms in total. The Balaban J connectivity index is 2.46. The second-order valence-electron chi connectivity index (χ2n) is 3.54. The Morgan fingerprint density at radius 3 is 2.62 bits per heavy atom. The molecule has 0 saturated carbocycles. The molecule has 3 heteroatoms. The second-order valence-corrected chi connectivity index (χ2v) is 4.41. The van der Waals surface area contributed by atoms with Crippen molar-refractivity contribution in [1.29, 1.82) is 0 Å². The van der Waals surface area contributed by atoms with Gasteiger partial charge < -0.3 is 5.21 Å². The van der Waals surface area contributed by atoms with Gasteiger partial charge in [0, 0.05) is 11.3 Å². The number of rotatable bonds is 3. The highest BCUT2D eigenvalue weighted by molar-refractivity contribution is 7.99. The summed E-state index contributed by atoms with van der Waals surface area (Å²) in [5, 5.41) is 14.7. The van der Waals surface area contributed by atoms with Gasteiger partial charge in [0.15, 0.2) is 0 Å². The summed E-state index contributed by atoms with van der Waals surface area (Å²) in [5.41, 5.74) is 1.70. The first kappa shape index (κ1) is 11.0. The van der Waals surface area contributed by atoms with E-state index in [0.29, 0.717) is 0 Å². The minimum atomic E-state index is 0.717. The molecule has 2 aromatic carbocycles. The van der Waals surface area contributed by atoms with Gasteiger partial charge in [0.2, 0.25) is 0 Å². The average Bonchev–Trinajstić information content (AvgIpc) is 2.35. The van der Waals surface area contributed by atoms with E-state index in [-0.39, 0.29) is 0 Å². The zero-order valence-electron chi connectivity index (χ0n) is 9.05. The van der Waals surface area contributed by atoms with Gasteiger partial charge >= 0.3 is 0 Å². The molecule has 16 heavy (non-hydrogen) atoms. The van der Waals surface area contributed by atoms with Gasteiger partial charge in [-0.25, -0.2) is 0 Å². The van der Waals surface area contributed by atoms with Crippen LogP contribution in [0.25, 0.3) is 10.8 Å². The van der Waals surface area contributed by atoms with Crippen LogP contribution in [0.1, 0.15) is 5.56 Å². The Morgan fingerprint density at radius 2 is 1.94 bits per heavy atom. The van der Waals surface area contributed by atoms with Crippen LogP contribution in [0.4, 0.5) is 0 Å². The Labute approximate surface area is 99.0 Å². The predicted octanol–water partition coefficient (Wildman–Crippen LogP) is 3.38. The second kappa shape index (κ2) is 5.03. The summed E-state index contributed by atoms with van der Waals surface area (Å²) in [6.07, 6.45) is 1.99. The van der Waals surface area contributed by atoms with E-state index in [0.717, 1.165) is 17.0 Å². The van der Waals surface area contributed by atoms with Gasteiger partial charge in [0.05, 0.1) is 5.71 Å². The Kier molecular flexibility index (Phi) is 3.47. The van der Waals surface area contributed by atoms with Gasteiger partial charge in [-0.05, 0) is 23.1 Å². The average molecular weight is 231 g/mol. The molecule has 2 rings (SSSR count). The van der Waals surface area contributed by atoms with Crippen LogP contribution >= 0.6 is 11.8 Å². The SMILES string of the molecule is CSC/C(=N\O)c1ccc2ccccc2c1. The van der Waals surface area contributed by atoms with Crippen molar-refractivity contribution in [3.8, 4) is 0 Å². The lowest BCUT2D eigenvalue weighted by Gasteiger charge is -2.04. The third-order valence-electron chi connectivity index (χ3n) is 2.48. The molecule has 2 aromatic rings. The maximum absolute atomic E-state index is 8.96. The maximum atomic E-state index is 8.96. The number of fused-ring (bicyclic) bond motifs is 1. The molecule has 0 aliphatic carbocycles. The van der Waals surface area contributed by atoms with E-state index in [9.17, 15) is 0 Å². The van der Waals surface area contributed by atoms with Crippen molar-refractivity contribution in [3.63, 3.8) is 0 Å². The van der Waals surface area contributed by atoms with Crippen LogP contribution in [0.15, 0.2) is 47.6 Å². The minimum Gasteiger partial charge on any atom is -0.411 e. The van der Waals surface area contributed by atoms with Crippen LogP contribution in [0, 0.1) is 0 Å². The molecule has 0 aliphatic rings. The van der Waals surface area contributed by atoms with E-state index in [1.807, 2.05) is 24.5 Å². The lowest BCUT2D eigenvalue weighted by molar-refractivity contribution is 0.319. The first-order valence-electron chi connectivity index (χ1n) is 5.04. The highest BCUT2D eigenvalue weighted by Gasteiger charge is 2.04. The van der Waals surface area contributed by atoms with Gasteiger partial charge in [0.25, 0.3) is 0 Å². The van der Waals surface area contributed by atoms with Crippen molar-refractivity contribution in [2.75, 3.05) is 12.0 Å². The van der Waals surface area contributed by atoms with Crippen molar-refractivity contribution in [2.45, 2.75) is 0 Å². The number of oxime groups is 1. The summed E-state index contributed by atoms with van der Waals surface area (Å²) in [4.78, 5) is 0. The first-order valence-corrected chi connectivity index (χ1v) is 6.43. The van der Waals surface area contributed by atoms with Crippen LogP contribution in [-0.2, 0) is 0 Å². The van der Waals surface area contributed by atoms with Gasteiger partial charge in [-0.2, -0.15) is 11.8 Å². The summed E-state index contributed by atoms with van der Waals surface area (Å²) in [5.74, 6) is 0.717. The number of hydrogen-bond donors (Lipinski definition) is 1. The number of nitrogens with zero attached hydrogens (tertiary/aromatic N) is 1. The van der Waals surface area contributed by atoms with E-state index in [1.54, 1.807) is 11.8 Å². The summed E-state index contributed by atoms with van der Waals surface area (Å²) in [6, 6.07) is 14.3. The van der Waals surface area contributed by atoms with Crippen molar-refractivity contribution < 1.29 is 5.21 Å². The highest BCUT2D eigenvalue weighted by Crippen LogP contribution is 2.17. The molecule has 0 atom stereocenters. The minimum absolute atomic E-state index is 0.717. The summed E-state index contributed by atoms with van der Waals surface area (Å²) in [6.45, 7) is 0. The fourth-order valence-electron chi connectivity index (χ4n) is 1.68. The Morgan fingerprint density at radius 1 is 1.19 bits per heavy atom. The predicted molar refractivity (Wildman–Crippen MR) is 70.7 cm³/mol. The van der Waals surface area contributed by atoms with Crippen molar-refractivity contribution in [1.82, 2.24) is 0 Å². The van der Waals surface area contributed by atoms with Crippen LogP contribution in [0.3, 0.4) is 0 Å². The fourth-order valence-corrected chi connectivity index (χ4v) is 2.17. The van der Waals surface area contributed by atoms with Gasteiger partial charge in [-0.3, -0.25) is 0 Å². The molecule has 0 aliphatic heterocycles. The van der Waals surface area contributed by atoms with Gasteiger partial charge in [0.1, 0.15) is 0 Å². The van der Waals surface area contributed by atoms with Crippen LogP contribution in [0.5, 0.6) is 0 Å². The summed E-state index contributed by atoms with van der Waals surface area (Å²) >= 11 is 1.64. The molecule has 1 N–H and O–H groups in total. The monoisotopic (exact) mass is 231 g/mol. The molecule has 0 amide bonds. The van der Waals surface area contributed by atoms with E-state index in [1.165, 1.54) is 10.8 Å². The standard InChI is InChI=1S/C13H13NOS/c1-16-9-13(14-15)12-7-6-10-4-2-3-5-11(10)8-12/h2-8,15H,9H2,1H3/b14-13+. The van der Waals surface area contributed by atoms with E-state index >= 15 is 0 Å². The first-order chi connectivity index (χ1) is 7.85. The summed E-state index contributed by atoms with van der Waals surface area (Å²) in [7, 11) is 0. The topological polar surface area (TPSA) is 32.6 Å². The van der Waals surface area contributed by atoms with Crippen molar-refractivity contribution >= 4 is 28.2 Å². The molecule has 0 spiro atoms.